The van der Waals surface area contributed by atoms with Gasteiger partial charge in [0.1, 0.15) is 11.6 Å². The van der Waals surface area contributed by atoms with Gasteiger partial charge in [-0.3, -0.25) is 4.68 Å². The quantitative estimate of drug-likeness (QED) is 0.558. The number of anilines is 1. The molecular formula is C19H19ClN6. The van der Waals surface area contributed by atoms with Crippen LogP contribution in [0.2, 0.25) is 5.02 Å². The molecule has 0 spiro atoms. The number of H-pyrrole nitrogens is 1. The molecule has 1 aromatic carbocycles. The van der Waals surface area contributed by atoms with E-state index < -0.39 is 0 Å². The van der Waals surface area contributed by atoms with Crippen LogP contribution >= 0.6 is 11.6 Å². The maximum Gasteiger partial charge on any atom is 0.163 e. The molecular weight excluding hydrogens is 348 g/mol. The second kappa shape index (κ2) is 5.45. The Hall–Kier alpha value is -2.60. The van der Waals surface area contributed by atoms with Crippen molar-refractivity contribution in [1.29, 1.82) is 0 Å². The van der Waals surface area contributed by atoms with E-state index >= 15 is 0 Å². The number of aryl methyl sites for hydroxylation is 3. The molecule has 0 atom stereocenters. The number of benzene rings is 1. The van der Waals surface area contributed by atoms with Crippen molar-refractivity contribution in [3.8, 4) is 0 Å². The molecule has 0 amide bonds. The van der Waals surface area contributed by atoms with Gasteiger partial charge in [0, 0.05) is 43.2 Å². The van der Waals surface area contributed by atoms with Gasteiger partial charge in [0.15, 0.2) is 5.65 Å². The van der Waals surface area contributed by atoms with Crippen molar-refractivity contribution in [1.82, 2.24) is 24.7 Å². The van der Waals surface area contributed by atoms with E-state index in [1.165, 1.54) is 16.6 Å². The number of hydrogen-bond donors (Lipinski definition) is 1. The van der Waals surface area contributed by atoms with Crippen molar-refractivity contribution in [3.05, 3.63) is 46.0 Å². The minimum atomic E-state index is 0.767. The first kappa shape index (κ1) is 15.6. The molecule has 4 heterocycles. The van der Waals surface area contributed by atoms with Crippen molar-refractivity contribution in [3.63, 3.8) is 0 Å². The Morgan fingerprint density at radius 2 is 2.04 bits per heavy atom. The van der Waals surface area contributed by atoms with E-state index in [4.69, 9.17) is 16.6 Å². The van der Waals surface area contributed by atoms with Crippen LogP contribution in [0.3, 0.4) is 0 Å². The lowest BCUT2D eigenvalue weighted by Crippen LogP contribution is -2.31. The number of para-hydroxylation sites is 1. The van der Waals surface area contributed by atoms with E-state index in [2.05, 4.69) is 26.0 Å². The van der Waals surface area contributed by atoms with Crippen molar-refractivity contribution in [2.75, 3.05) is 11.4 Å². The molecule has 0 bridgehead atoms. The second-order valence-electron chi connectivity index (χ2n) is 6.92. The van der Waals surface area contributed by atoms with Crippen molar-refractivity contribution < 1.29 is 0 Å². The third-order valence-corrected chi connectivity index (χ3v) is 5.53. The summed E-state index contributed by atoms with van der Waals surface area (Å²) in [6.07, 6.45) is 0.935. The number of aromatic nitrogens is 5. The number of halogens is 1. The molecule has 26 heavy (non-hydrogen) atoms. The number of nitrogens with one attached hydrogen (secondary N) is 1. The van der Waals surface area contributed by atoms with Gasteiger partial charge in [0.05, 0.1) is 21.6 Å². The van der Waals surface area contributed by atoms with Gasteiger partial charge in [-0.25, -0.2) is 9.97 Å². The summed E-state index contributed by atoms with van der Waals surface area (Å²) in [7, 11) is 1.93. The second-order valence-corrected chi connectivity index (χ2v) is 7.33. The summed E-state index contributed by atoms with van der Waals surface area (Å²) in [6.45, 7) is 5.66. The van der Waals surface area contributed by atoms with E-state index in [0.29, 0.717) is 0 Å². The van der Waals surface area contributed by atoms with Gasteiger partial charge in [0.2, 0.25) is 0 Å². The maximum absolute atomic E-state index is 6.38. The summed E-state index contributed by atoms with van der Waals surface area (Å²) in [5, 5.41) is 7.55. The van der Waals surface area contributed by atoms with Crippen molar-refractivity contribution in [2.45, 2.75) is 26.8 Å². The van der Waals surface area contributed by atoms with Crippen LogP contribution < -0.4 is 4.90 Å². The lowest BCUT2D eigenvalue weighted by atomic mass is 10.0. The number of nitrogens with zero attached hydrogens (tertiary/aromatic N) is 5. The average molecular weight is 367 g/mol. The molecule has 0 saturated carbocycles. The summed E-state index contributed by atoms with van der Waals surface area (Å²) >= 11 is 6.38. The molecule has 1 N–H and O–H groups in total. The van der Waals surface area contributed by atoms with Crippen LogP contribution in [-0.4, -0.2) is 31.3 Å². The van der Waals surface area contributed by atoms with Crippen molar-refractivity contribution in [2.24, 2.45) is 7.05 Å². The predicted molar refractivity (Wildman–Crippen MR) is 104 cm³/mol. The molecule has 3 aromatic heterocycles. The topological polar surface area (TPSA) is 62.6 Å². The van der Waals surface area contributed by atoms with Gasteiger partial charge in [0.25, 0.3) is 0 Å². The van der Waals surface area contributed by atoms with E-state index in [-0.39, 0.29) is 0 Å². The molecule has 0 saturated heterocycles. The number of rotatable bonds is 1. The Morgan fingerprint density at radius 1 is 1.19 bits per heavy atom. The molecule has 6 nitrogen and oxygen atoms in total. The predicted octanol–water partition coefficient (Wildman–Crippen LogP) is 3.68. The molecule has 7 heteroatoms. The van der Waals surface area contributed by atoms with Crippen molar-refractivity contribution >= 4 is 39.4 Å². The van der Waals surface area contributed by atoms with Gasteiger partial charge in [-0.15, -0.1) is 0 Å². The Bertz CT molecular complexity index is 1170. The summed E-state index contributed by atoms with van der Waals surface area (Å²) in [6, 6.07) is 6.08. The monoisotopic (exact) mass is 366 g/mol. The summed E-state index contributed by atoms with van der Waals surface area (Å²) in [5.74, 6) is 1.74. The maximum atomic E-state index is 6.38. The Kier molecular flexibility index (Phi) is 3.28. The van der Waals surface area contributed by atoms with E-state index in [1.807, 2.05) is 37.7 Å². The van der Waals surface area contributed by atoms with Crippen LogP contribution in [0.15, 0.2) is 18.2 Å². The highest BCUT2D eigenvalue weighted by Crippen LogP contribution is 2.35. The van der Waals surface area contributed by atoms with Gasteiger partial charge in [-0.1, -0.05) is 23.7 Å². The van der Waals surface area contributed by atoms with Gasteiger partial charge in [-0.2, -0.15) is 5.10 Å². The minimum absolute atomic E-state index is 0.767. The van der Waals surface area contributed by atoms with Crippen LogP contribution in [0, 0.1) is 13.8 Å². The summed E-state index contributed by atoms with van der Waals surface area (Å²) < 4.78 is 1.84. The van der Waals surface area contributed by atoms with E-state index in [0.717, 1.165) is 58.4 Å². The molecule has 1 aliphatic heterocycles. The SMILES string of the molecule is Cc1nc(N2CCc3[nH]c4c(Cl)cccc4c3C2)c2c(C)nn(C)c2n1. The number of fused-ring (bicyclic) bond motifs is 4. The Labute approximate surface area is 155 Å². The molecule has 1 aliphatic rings. The minimum Gasteiger partial charge on any atom is -0.357 e. The molecule has 5 rings (SSSR count). The first-order chi connectivity index (χ1) is 12.5. The van der Waals surface area contributed by atoms with Crippen LogP contribution in [0.4, 0.5) is 5.82 Å². The fraction of sp³-hybridized carbons (Fsp3) is 0.316. The highest BCUT2D eigenvalue weighted by molar-refractivity contribution is 6.35. The Morgan fingerprint density at radius 3 is 2.88 bits per heavy atom. The van der Waals surface area contributed by atoms with Gasteiger partial charge < -0.3 is 9.88 Å². The van der Waals surface area contributed by atoms with Crippen LogP contribution in [0.5, 0.6) is 0 Å². The zero-order valence-corrected chi connectivity index (χ0v) is 15.7. The highest BCUT2D eigenvalue weighted by atomic mass is 35.5. The zero-order chi connectivity index (χ0) is 18.0. The Balaban J connectivity index is 1.67. The first-order valence-electron chi connectivity index (χ1n) is 8.74. The standard InChI is InChI=1S/C19H19ClN6/c1-10-16-18(25(3)24-10)21-11(2)22-19(16)26-8-7-15-13(9-26)12-5-4-6-14(20)17(12)23-15/h4-6,23H,7-9H2,1-3H3. The molecule has 0 fully saturated rings. The third-order valence-electron chi connectivity index (χ3n) is 5.21. The fourth-order valence-electron chi connectivity index (χ4n) is 4.04. The molecule has 4 aromatic rings. The van der Waals surface area contributed by atoms with E-state index in [1.54, 1.807) is 0 Å². The fourth-order valence-corrected chi connectivity index (χ4v) is 4.26. The third kappa shape index (κ3) is 2.15. The smallest absolute Gasteiger partial charge is 0.163 e. The molecule has 0 radical (unpaired) electrons. The van der Waals surface area contributed by atoms with Crippen LogP contribution in [0.25, 0.3) is 21.9 Å². The molecule has 132 valence electrons. The normalized spacial score (nSPS) is 14.4. The average Bonchev–Trinajstić information content (AvgIpc) is 3.13. The highest BCUT2D eigenvalue weighted by Gasteiger charge is 2.25. The number of hydrogen-bond acceptors (Lipinski definition) is 4. The van der Waals surface area contributed by atoms with Crippen LogP contribution in [0.1, 0.15) is 22.8 Å². The van der Waals surface area contributed by atoms with E-state index in [9.17, 15) is 0 Å². The van der Waals surface area contributed by atoms with Crippen LogP contribution in [-0.2, 0) is 20.0 Å². The largest absolute Gasteiger partial charge is 0.357 e. The zero-order valence-electron chi connectivity index (χ0n) is 15.0. The van der Waals surface area contributed by atoms with Gasteiger partial charge >= 0.3 is 0 Å². The lowest BCUT2D eigenvalue weighted by molar-refractivity contribution is 0.715. The first-order valence-corrected chi connectivity index (χ1v) is 9.11. The molecule has 0 unspecified atom stereocenters. The molecule has 0 aliphatic carbocycles. The van der Waals surface area contributed by atoms with Gasteiger partial charge in [-0.05, 0) is 19.9 Å². The lowest BCUT2D eigenvalue weighted by Gasteiger charge is -2.29. The summed E-state index contributed by atoms with van der Waals surface area (Å²) in [4.78, 5) is 15.2. The number of aromatic amines is 1. The summed E-state index contributed by atoms with van der Waals surface area (Å²) in [5.41, 5.74) is 5.46.